The fraction of sp³-hybridized carbons (Fsp3) is 0.529. The molecule has 0 aliphatic carbocycles. The number of hydrogen-bond acceptors (Lipinski definition) is 4. The Morgan fingerprint density at radius 3 is 2.77 bits per heavy atom. The van der Waals surface area contributed by atoms with Crippen LogP contribution in [-0.2, 0) is 6.54 Å². The smallest absolute Gasteiger partial charge is 0.335 e. The minimum atomic E-state index is -0.913. The number of pyridine rings is 1. The Morgan fingerprint density at radius 2 is 2.14 bits per heavy atom. The maximum absolute atomic E-state index is 11.0. The van der Waals surface area contributed by atoms with Crippen molar-refractivity contribution in [3.63, 3.8) is 0 Å². The SMILES string of the molecule is C=C(CN(CC)Cc1cc(C(=O)O)ccn1)N1CCCCC1. The summed E-state index contributed by atoms with van der Waals surface area (Å²) in [6.07, 6.45) is 5.36. The average molecular weight is 303 g/mol. The van der Waals surface area contributed by atoms with Gasteiger partial charge in [-0.3, -0.25) is 9.88 Å². The van der Waals surface area contributed by atoms with Crippen LogP contribution in [0.25, 0.3) is 0 Å². The van der Waals surface area contributed by atoms with Crippen molar-refractivity contribution >= 4 is 5.97 Å². The number of carbonyl (C=O) groups is 1. The van der Waals surface area contributed by atoms with Gasteiger partial charge < -0.3 is 10.0 Å². The summed E-state index contributed by atoms with van der Waals surface area (Å²) in [5.74, 6) is -0.913. The predicted molar refractivity (Wildman–Crippen MR) is 86.7 cm³/mol. The van der Waals surface area contributed by atoms with Crippen LogP contribution in [0.1, 0.15) is 42.2 Å². The highest BCUT2D eigenvalue weighted by atomic mass is 16.4. The van der Waals surface area contributed by atoms with Crippen molar-refractivity contribution in [2.45, 2.75) is 32.7 Å². The summed E-state index contributed by atoms with van der Waals surface area (Å²) in [6.45, 7) is 10.9. The van der Waals surface area contributed by atoms with Gasteiger partial charge in [0.2, 0.25) is 0 Å². The Kier molecular flexibility index (Phi) is 5.95. The second-order valence-corrected chi connectivity index (χ2v) is 5.76. The van der Waals surface area contributed by atoms with Crippen molar-refractivity contribution in [2.75, 3.05) is 26.2 Å². The molecular formula is C17H25N3O2. The van der Waals surface area contributed by atoms with Crippen molar-refractivity contribution in [3.8, 4) is 0 Å². The molecule has 0 bridgehead atoms. The Labute approximate surface area is 132 Å². The highest BCUT2D eigenvalue weighted by Crippen LogP contribution is 2.15. The molecule has 2 rings (SSSR count). The first-order valence-corrected chi connectivity index (χ1v) is 7.93. The van der Waals surface area contributed by atoms with Gasteiger partial charge >= 0.3 is 5.97 Å². The first kappa shape index (κ1) is 16.5. The molecular weight excluding hydrogens is 278 g/mol. The number of likely N-dealkylation sites (tertiary alicyclic amines) is 1. The maximum atomic E-state index is 11.0. The van der Waals surface area contributed by atoms with Gasteiger partial charge in [0.25, 0.3) is 0 Å². The lowest BCUT2D eigenvalue weighted by Crippen LogP contribution is -2.35. The number of likely N-dealkylation sites (N-methyl/N-ethyl adjacent to an activating group) is 1. The molecule has 1 fully saturated rings. The van der Waals surface area contributed by atoms with Crippen LogP contribution in [0.4, 0.5) is 0 Å². The van der Waals surface area contributed by atoms with E-state index in [9.17, 15) is 4.79 Å². The Bertz CT molecular complexity index is 524. The fourth-order valence-electron chi connectivity index (χ4n) is 2.77. The van der Waals surface area contributed by atoms with E-state index in [1.54, 1.807) is 12.3 Å². The molecule has 1 aliphatic heterocycles. The fourth-order valence-corrected chi connectivity index (χ4v) is 2.77. The number of piperidine rings is 1. The molecule has 5 nitrogen and oxygen atoms in total. The molecule has 0 aromatic carbocycles. The van der Waals surface area contributed by atoms with Gasteiger partial charge in [-0.25, -0.2) is 4.79 Å². The molecule has 0 radical (unpaired) electrons. The zero-order valence-corrected chi connectivity index (χ0v) is 13.3. The molecule has 0 unspecified atom stereocenters. The number of nitrogens with zero attached hydrogens (tertiary/aromatic N) is 3. The van der Waals surface area contributed by atoms with E-state index in [4.69, 9.17) is 5.11 Å². The van der Waals surface area contributed by atoms with Crippen LogP contribution in [-0.4, -0.2) is 52.0 Å². The lowest BCUT2D eigenvalue weighted by Gasteiger charge is -2.33. The van der Waals surface area contributed by atoms with Crippen molar-refractivity contribution in [3.05, 3.63) is 41.9 Å². The highest BCUT2D eigenvalue weighted by molar-refractivity contribution is 5.87. The van der Waals surface area contributed by atoms with E-state index in [1.165, 1.54) is 25.3 Å². The summed E-state index contributed by atoms with van der Waals surface area (Å²) in [5, 5.41) is 9.05. The van der Waals surface area contributed by atoms with E-state index in [2.05, 4.69) is 28.3 Å². The van der Waals surface area contributed by atoms with Gasteiger partial charge in [0.15, 0.2) is 0 Å². The third kappa shape index (κ3) is 4.56. The van der Waals surface area contributed by atoms with Crippen molar-refractivity contribution in [2.24, 2.45) is 0 Å². The summed E-state index contributed by atoms with van der Waals surface area (Å²) in [5.41, 5.74) is 2.22. The van der Waals surface area contributed by atoms with Crippen LogP contribution >= 0.6 is 0 Å². The maximum Gasteiger partial charge on any atom is 0.335 e. The normalized spacial score (nSPS) is 15.1. The molecule has 1 aromatic heterocycles. The molecule has 2 heterocycles. The summed E-state index contributed by atoms with van der Waals surface area (Å²) >= 11 is 0. The average Bonchev–Trinajstić information content (AvgIpc) is 2.55. The van der Waals surface area contributed by atoms with Crippen LogP contribution < -0.4 is 0 Å². The monoisotopic (exact) mass is 303 g/mol. The van der Waals surface area contributed by atoms with Crippen LogP contribution in [0.5, 0.6) is 0 Å². The molecule has 120 valence electrons. The minimum Gasteiger partial charge on any atom is -0.478 e. The molecule has 1 saturated heterocycles. The number of aromatic nitrogens is 1. The molecule has 0 atom stereocenters. The van der Waals surface area contributed by atoms with Crippen LogP contribution in [0.2, 0.25) is 0 Å². The second-order valence-electron chi connectivity index (χ2n) is 5.76. The van der Waals surface area contributed by atoms with Crippen molar-refractivity contribution in [1.82, 2.24) is 14.8 Å². The Morgan fingerprint density at radius 1 is 1.41 bits per heavy atom. The molecule has 5 heteroatoms. The number of rotatable bonds is 7. The molecule has 1 aliphatic rings. The van der Waals surface area contributed by atoms with Gasteiger partial charge in [-0.05, 0) is 37.9 Å². The summed E-state index contributed by atoms with van der Waals surface area (Å²) in [4.78, 5) is 19.9. The van der Waals surface area contributed by atoms with Gasteiger partial charge in [-0.1, -0.05) is 13.5 Å². The second kappa shape index (κ2) is 7.94. The highest BCUT2D eigenvalue weighted by Gasteiger charge is 2.15. The van der Waals surface area contributed by atoms with Crippen LogP contribution in [0.3, 0.4) is 0 Å². The zero-order chi connectivity index (χ0) is 15.9. The number of hydrogen-bond donors (Lipinski definition) is 1. The van der Waals surface area contributed by atoms with Gasteiger partial charge in [0.1, 0.15) is 0 Å². The molecule has 0 saturated carbocycles. The largest absolute Gasteiger partial charge is 0.478 e. The third-order valence-corrected chi connectivity index (χ3v) is 4.11. The van der Waals surface area contributed by atoms with E-state index >= 15 is 0 Å². The van der Waals surface area contributed by atoms with Crippen LogP contribution in [0.15, 0.2) is 30.6 Å². The van der Waals surface area contributed by atoms with E-state index in [1.807, 2.05) is 0 Å². The van der Waals surface area contributed by atoms with E-state index in [-0.39, 0.29) is 5.56 Å². The molecule has 1 N–H and O–H groups in total. The van der Waals surface area contributed by atoms with E-state index in [0.29, 0.717) is 6.54 Å². The lowest BCUT2D eigenvalue weighted by atomic mass is 10.1. The van der Waals surface area contributed by atoms with Gasteiger partial charge in [-0.15, -0.1) is 0 Å². The molecule has 22 heavy (non-hydrogen) atoms. The first-order valence-electron chi connectivity index (χ1n) is 7.93. The van der Waals surface area contributed by atoms with E-state index < -0.39 is 5.97 Å². The quantitative estimate of drug-likeness (QED) is 0.839. The summed E-state index contributed by atoms with van der Waals surface area (Å²) < 4.78 is 0. The standard InChI is InChI=1S/C17H25N3O2/c1-3-19(12-14(2)20-9-5-4-6-10-20)13-16-11-15(17(21)22)7-8-18-16/h7-8,11H,2-6,9-10,12-13H2,1H3,(H,21,22). The predicted octanol–water partition coefficient (Wildman–Crippen LogP) is 2.60. The Hall–Kier alpha value is -1.88. The minimum absolute atomic E-state index is 0.288. The molecule has 0 spiro atoms. The van der Waals surface area contributed by atoms with Crippen LogP contribution in [0, 0.1) is 0 Å². The number of carboxylic acid groups (broad SMARTS) is 1. The molecule has 1 aromatic rings. The lowest BCUT2D eigenvalue weighted by molar-refractivity contribution is 0.0696. The van der Waals surface area contributed by atoms with Crippen molar-refractivity contribution in [1.29, 1.82) is 0 Å². The Balaban J connectivity index is 1.95. The first-order chi connectivity index (χ1) is 10.6. The zero-order valence-electron chi connectivity index (χ0n) is 13.3. The van der Waals surface area contributed by atoms with E-state index in [0.717, 1.165) is 37.6 Å². The summed E-state index contributed by atoms with van der Waals surface area (Å²) in [7, 11) is 0. The number of carboxylic acids is 1. The summed E-state index contributed by atoms with van der Waals surface area (Å²) in [6, 6.07) is 3.17. The van der Waals surface area contributed by atoms with Gasteiger partial charge in [0.05, 0.1) is 11.3 Å². The van der Waals surface area contributed by atoms with Gasteiger partial charge in [-0.2, -0.15) is 0 Å². The topological polar surface area (TPSA) is 56.7 Å². The van der Waals surface area contributed by atoms with Crippen molar-refractivity contribution < 1.29 is 9.90 Å². The number of aromatic carboxylic acids is 1. The third-order valence-electron chi connectivity index (χ3n) is 4.11. The van der Waals surface area contributed by atoms with Gasteiger partial charge in [0, 0.05) is 38.1 Å². The molecule has 0 amide bonds.